The number of hydrogen-bond acceptors (Lipinski definition) is 5. The molecule has 1 aliphatic rings. The minimum atomic E-state index is -1.14. The highest BCUT2D eigenvalue weighted by Gasteiger charge is 2.36. The van der Waals surface area contributed by atoms with E-state index in [9.17, 15) is 9.59 Å². The molecule has 150 valence electrons. The lowest BCUT2D eigenvalue weighted by atomic mass is 10.1. The number of thiocarbonyl (C=S) groups is 1. The Labute approximate surface area is 177 Å². The van der Waals surface area contributed by atoms with Crippen molar-refractivity contribution in [2.75, 3.05) is 25.7 Å². The molecule has 0 aromatic heterocycles. The SMILES string of the molecule is COc1cc(/C=C2/C(=O)N(c3ccccc3)C(=S)N2C)cc(Cl)c1OCC(=O)O. The van der Waals surface area contributed by atoms with Crippen LogP contribution in [0.5, 0.6) is 11.5 Å². The van der Waals surface area contributed by atoms with Gasteiger partial charge >= 0.3 is 5.97 Å². The molecule has 0 atom stereocenters. The van der Waals surface area contributed by atoms with Gasteiger partial charge in [-0.1, -0.05) is 29.8 Å². The molecule has 2 aromatic rings. The third kappa shape index (κ3) is 4.18. The van der Waals surface area contributed by atoms with Gasteiger partial charge in [0.25, 0.3) is 5.91 Å². The molecule has 0 bridgehead atoms. The van der Waals surface area contributed by atoms with Crippen molar-refractivity contribution in [3.63, 3.8) is 0 Å². The molecule has 0 aliphatic carbocycles. The van der Waals surface area contributed by atoms with Crippen molar-refractivity contribution < 1.29 is 24.2 Å². The van der Waals surface area contributed by atoms with Crippen LogP contribution in [-0.4, -0.2) is 47.8 Å². The van der Waals surface area contributed by atoms with Crippen LogP contribution < -0.4 is 14.4 Å². The average molecular weight is 433 g/mol. The van der Waals surface area contributed by atoms with E-state index >= 15 is 0 Å². The van der Waals surface area contributed by atoms with Gasteiger partial charge in [-0.3, -0.25) is 9.69 Å². The molecule has 1 N–H and O–H groups in total. The van der Waals surface area contributed by atoms with Crippen molar-refractivity contribution in [3.8, 4) is 11.5 Å². The summed E-state index contributed by atoms with van der Waals surface area (Å²) in [7, 11) is 3.12. The van der Waals surface area contributed by atoms with Gasteiger partial charge < -0.3 is 19.5 Å². The Morgan fingerprint density at radius 1 is 1.28 bits per heavy atom. The van der Waals surface area contributed by atoms with Crippen LogP contribution in [0.4, 0.5) is 5.69 Å². The number of para-hydroxylation sites is 1. The lowest BCUT2D eigenvalue weighted by Gasteiger charge is -2.16. The molecule has 9 heteroatoms. The molecule has 1 aliphatic heterocycles. The number of benzene rings is 2. The highest BCUT2D eigenvalue weighted by molar-refractivity contribution is 7.80. The fourth-order valence-electron chi connectivity index (χ4n) is 2.82. The number of amides is 1. The number of halogens is 1. The van der Waals surface area contributed by atoms with E-state index in [-0.39, 0.29) is 22.4 Å². The van der Waals surface area contributed by atoms with E-state index in [1.54, 1.807) is 42.3 Å². The first-order valence-electron chi connectivity index (χ1n) is 8.44. The lowest BCUT2D eigenvalue weighted by Crippen LogP contribution is -2.30. The van der Waals surface area contributed by atoms with Crippen LogP contribution >= 0.6 is 23.8 Å². The summed E-state index contributed by atoms with van der Waals surface area (Å²) in [5.74, 6) is -1.04. The predicted molar refractivity (Wildman–Crippen MR) is 113 cm³/mol. The van der Waals surface area contributed by atoms with E-state index in [1.165, 1.54) is 12.0 Å². The highest BCUT2D eigenvalue weighted by Crippen LogP contribution is 2.37. The molecule has 29 heavy (non-hydrogen) atoms. The largest absolute Gasteiger partial charge is 0.493 e. The topological polar surface area (TPSA) is 79.3 Å². The molecule has 0 spiro atoms. The number of rotatable bonds is 6. The number of carbonyl (C=O) groups excluding carboxylic acids is 1. The van der Waals surface area contributed by atoms with Crippen LogP contribution in [0.15, 0.2) is 48.2 Å². The van der Waals surface area contributed by atoms with Crippen LogP contribution in [-0.2, 0) is 9.59 Å². The fourth-order valence-corrected chi connectivity index (χ4v) is 3.38. The predicted octanol–water partition coefficient (Wildman–Crippen LogP) is 3.42. The first-order chi connectivity index (χ1) is 13.8. The van der Waals surface area contributed by atoms with Gasteiger partial charge in [-0.15, -0.1) is 0 Å². The number of ether oxygens (including phenoxy) is 2. The molecule has 0 unspecified atom stereocenters. The van der Waals surface area contributed by atoms with Gasteiger partial charge in [-0.2, -0.15) is 0 Å². The van der Waals surface area contributed by atoms with Crippen LogP contribution in [0, 0.1) is 0 Å². The van der Waals surface area contributed by atoms with Crippen LogP contribution in [0.25, 0.3) is 6.08 Å². The molecule has 7 nitrogen and oxygen atoms in total. The zero-order chi connectivity index (χ0) is 21.1. The summed E-state index contributed by atoms with van der Waals surface area (Å²) in [5, 5.41) is 9.31. The molecule has 1 saturated heterocycles. The Bertz CT molecular complexity index is 1010. The van der Waals surface area contributed by atoms with Gasteiger partial charge in [-0.05, 0) is 48.1 Å². The van der Waals surface area contributed by atoms with Gasteiger partial charge in [0.15, 0.2) is 23.2 Å². The number of carbonyl (C=O) groups is 2. The Kier molecular flexibility index (Phi) is 6.05. The number of methoxy groups -OCH3 is 1. The average Bonchev–Trinajstić information content (AvgIpc) is 2.90. The molecular weight excluding hydrogens is 416 g/mol. The zero-order valence-electron chi connectivity index (χ0n) is 15.6. The van der Waals surface area contributed by atoms with Crippen molar-refractivity contribution in [3.05, 3.63) is 58.7 Å². The van der Waals surface area contributed by atoms with E-state index in [0.717, 1.165) is 0 Å². The lowest BCUT2D eigenvalue weighted by molar-refractivity contribution is -0.139. The number of nitrogens with zero attached hydrogens (tertiary/aromatic N) is 2. The zero-order valence-corrected chi connectivity index (χ0v) is 17.2. The molecular formula is C20H17ClN2O5S. The standard InChI is InChI=1S/C20H17ClN2O5S/c1-22-15(19(26)23(20(22)29)13-6-4-3-5-7-13)9-12-8-14(21)18(16(10-12)27-2)28-11-17(24)25/h3-10H,11H2,1-2H3,(H,24,25)/b15-9-. The first-order valence-corrected chi connectivity index (χ1v) is 9.23. The van der Waals surface area contributed by atoms with Gasteiger partial charge in [0.05, 0.1) is 17.8 Å². The van der Waals surface area contributed by atoms with Crippen LogP contribution in [0.2, 0.25) is 5.02 Å². The fraction of sp³-hybridized carbons (Fsp3) is 0.150. The number of likely N-dealkylation sites (N-methyl/N-ethyl adjacent to an activating group) is 1. The van der Waals surface area contributed by atoms with Crippen molar-refractivity contribution in [1.29, 1.82) is 0 Å². The van der Waals surface area contributed by atoms with E-state index in [2.05, 4.69) is 0 Å². The molecule has 0 saturated carbocycles. The summed E-state index contributed by atoms with van der Waals surface area (Å²) in [6, 6.07) is 12.3. The Morgan fingerprint density at radius 2 is 1.97 bits per heavy atom. The summed E-state index contributed by atoms with van der Waals surface area (Å²) in [6.45, 7) is -0.557. The monoisotopic (exact) mass is 432 g/mol. The molecule has 3 rings (SSSR count). The summed E-state index contributed by atoms with van der Waals surface area (Å²) in [5.41, 5.74) is 1.60. The van der Waals surface area contributed by atoms with Crippen molar-refractivity contribution in [2.45, 2.75) is 0 Å². The smallest absolute Gasteiger partial charge is 0.341 e. The highest BCUT2D eigenvalue weighted by atomic mass is 35.5. The van der Waals surface area contributed by atoms with E-state index in [1.807, 2.05) is 18.2 Å². The Morgan fingerprint density at radius 3 is 2.59 bits per heavy atom. The maximum Gasteiger partial charge on any atom is 0.341 e. The van der Waals surface area contributed by atoms with E-state index in [0.29, 0.717) is 22.1 Å². The molecule has 1 fully saturated rings. The quantitative estimate of drug-likeness (QED) is 0.553. The summed E-state index contributed by atoms with van der Waals surface area (Å²) in [4.78, 5) is 26.8. The van der Waals surface area contributed by atoms with Gasteiger partial charge in [0.1, 0.15) is 5.70 Å². The Hall–Kier alpha value is -3.10. The second-order valence-electron chi connectivity index (χ2n) is 6.06. The van der Waals surface area contributed by atoms with E-state index in [4.69, 9.17) is 38.4 Å². The van der Waals surface area contributed by atoms with Crippen LogP contribution in [0.3, 0.4) is 0 Å². The van der Waals surface area contributed by atoms with Crippen molar-refractivity contribution in [1.82, 2.24) is 4.90 Å². The minimum absolute atomic E-state index is 0.117. The Balaban J connectivity index is 1.97. The number of hydrogen-bond donors (Lipinski definition) is 1. The third-order valence-electron chi connectivity index (χ3n) is 4.17. The summed E-state index contributed by atoms with van der Waals surface area (Å²) >= 11 is 11.7. The summed E-state index contributed by atoms with van der Waals surface area (Å²) in [6.07, 6.45) is 1.63. The normalized spacial score (nSPS) is 15.2. The second-order valence-corrected chi connectivity index (χ2v) is 6.84. The van der Waals surface area contributed by atoms with Gasteiger partial charge in [0.2, 0.25) is 0 Å². The van der Waals surface area contributed by atoms with Gasteiger partial charge in [0, 0.05) is 7.05 Å². The minimum Gasteiger partial charge on any atom is -0.493 e. The van der Waals surface area contributed by atoms with Crippen LogP contribution in [0.1, 0.15) is 5.56 Å². The van der Waals surface area contributed by atoms with Gasteiger partial charge in [-0.25, -0.2) is 4.79 Å². The molecule has 1 amide bonds. The van der Waals surface area contributed by atoms with Crippen molar-refractivity contribution in [2.24, 2.45) is 0 Å². The number of carboxylic acids is 1. The molecule has 0 radical (unpaired) electrons. The van der Waals surface area contributed by atoms with Crippen molar-refractivity contribution >= 4 is 52.6 Å². The maximum atomic E-state index is 13.0. The second kappa shape index (κ2) is 8.50. The maximum absolute atomic E-state index is 13.0. The molecule has 2 aromatic carbocycles. The molecule has 1 heterocycles. The number of aliphatic carboxylic acids is 1. The first kappa shape index (κ1) is 20.6. The number of carboxylic acid groups (broad SMARTS) is 1. The third-order valence-corrected chi connectivity index (χ3v) is 4.91. The summed E-state index contributed by atoms with van der Waals surface area (Å²) < 4.78 is 10.5. The van der Waals surface area contributed by atoms with E-state index < -0.39 is 12.6 Å². The number of anilines is 1.